The minimum absolute atomic E-state index is 0.234. The van der Waals surface area contributed by atoms with Crippen molar-refractivity contribution in [2.75, 3.05) is 19.8 Å². The first-order chi connectivity index (χ1) is 16.8. The van der Waals surface area contributed by atoms with Crippen LogP contribution in [0.3, 0.4) is 0 Å². The number of ether oxygens (including phenoxy) is 3. The fourth-order valence-corrected chi connectivity index (χ4v) is 5.40. The lowest BCUT2D eigenvalue weighted by molar-refractivity contribution is -0.206. The average Bonchev–Trinajstić information content (AvgIpc) is 2.88. The molecule has 3 rings (SSSR count). The zero-order chi connectivity index (χ0) is 23.8. The molecule has 192 valence electrons. The molecule has 1 heterocycles. The van der Waals surface area contributed by atoms with E-state index in [2.05, 4.69) is 38.1 Å². The molecule has 0 radical (unpaired) electrons. The predicted molar refractivity (Wildman–Crippen MR) is 142 cm³/mol. The van der Waals surface area contributed by atoms with E-state index in [0.717, 1.165) is 36.4 Å². The number of hydrogen-bond acceptors (Lipinski definition) is 3. The van der Waals surface area contributed by atoms with Crippen LogP contribution in [-0.4, -0.2) is 19.8 Å². The molecular weight excluding hydrogens is 420 g/mol. The van der Waals surface area contributed by atoms with Crippen LogP contribution < -0.4 is 4.74 Å². The highest BCUT2D eigenvalue weighted by Crippen LogP contribution is 2.33. The van der Waals surface area contributed by atoms with Crippen LogP contribution in [0.4, 0.5) is 0 Å². The molecule has 34 heavy (non-hydrogen) atoms. The van der Waals surface area contributed by atoms with E-state index in [9.17, 15) is 0 Å². The standard InChI is InChI=1S/C31H50O3/c1-3-5-7-8-10-13-28-24-33-31(34-25-28)29-19-21-30(22-20-29)32-23-11-14-27-17-15-26(16-18-27)12-9-6-4-2/h11,14,19-22,26-28,31H,3-10,12-13,15-18,23-25H2,1-2H3/b14-11+. The van der Waals surface area contributed by atoms with Crippen LogP contribution in [-0.2, 0) is 9.47 Å². The molecule has 2 aliphatic rings. The van der Waals surface area contributed by atoms with Crippen molar-refractivity contribution in [1.82, 2.24) is 0 Å². The van der Waals surface area contributed by atoms with Gasteiger partial charge in [0.25, 0.3) is 0 Å². The fourth-order valence-electron chi connectivity index (χ4n) is 5.40. The summed E-state index contributed by atoms with van der Waals surface area (Å²) < 4.78 is 18.0. The smallest absolute Gasteiger partial charge is 0.183 e. The van der Waals surface area contributed by atoms with Gasteiger partial charge in [-0.15, -0.1) is 0 Å². The summed E-state index contributed by atoms with van der Waals surface area (Å²) in [5.74, 6) is 3.18. The normalized spacial score (nSPS) is 25.6. The first-order valence-corrected chi connectivity index (χ1v) is 14.4. The zero-order valence-electron chi connectivity index (χ0n) is 22.0. The van der Waals surface area contributed by atoms with Crippen LogP contribution >= 0.6 is 0 Å². The summed E-state index contributed by atoms with van der Waals surface area (Å²) >= 11 is 0. The van der Waals surface area contributed by atoms with Crippen LogP contribution in [0.1, 0.15) is 116 Å². The highest BCUT2D eigenvalue weighted by Gasteiger charge is 2.23. The third-order valence-corrected chi connectivity index (χ3v) is 7.70. The van der Waals surface area contributed by atoms with Crippen LogP contribution in [0.15, 0.2) is 36.4 Å². The average molecular weight is 471 g/mol. The summed E-state index contributed by atoms with van der Waals surface area (Å²) in [6, 6.07) is 8.23. The van der Waals surface area contributed by atoms with Gasteiger partial charge in [-0.25, -0.2) is 0 Å². The van der Waals surface area contributed by atoms with E-state index in [1.807, 2.05) is 12.1 Å². The second-order valence-electron chi connectivity index (χ2n) is 10.7. The fraction of sp³-hybridized carbons (Fsp3) is 0.742. The highest BCUT2D eigenvalue weighted by atomic mass is 16.7. The van der Waals surface area contributed by atoms with Crippen LogP contribution in [0.25, 0.3) is 0 Å². The van der Waals surface area contributed by atoms with Crippen LogP contribution in [0.5, 0.6) is 5.75 Å². The molecule has 0 aromatic heterocycles. The Hall–Kier alpha value is -1.32. The van der Waals surface area contributed by atoms with Gasteiger partial charge in [0.15, 0.2) is 6.29 Å². The Labute approximate surface area is 209 Å². The Balaban J connectivity index is 1.27. The second-order valence-corrected chi connectivity index (χ2v) is 10.7. The Morgan fingerprint density at radius 3 is 2.09 bits per heavy atom. The molecule has 0 N–H and O–H groups in total. The summed E-state index contributed by atoms with van der Waals surface area (Å²) in [6.45, 7) is 6.82. The lowest BCUT2D eigenvalue weighted by Gasteiger charge is -2.29. The van der Waals surface area contributed by atoms with Gasteiger partial charge in [0.2, 0.25) is 0 Å². The summed E-state index contributed by atoms with van der Waals surface area (Å²) in [6.07, 6.45) is 23.4. The Kier molecular flexibility index (Phi) is 13.1. The van der Waals surface area contributed by atoms with Crippen LogP contribution in [0, 0.1) is 17.8 Å². The first kappa shape index (κ1) is 27.3. The van der Waals surface area contributed by atoms with Gasteiger partial charge in [0, 0.05) is 11.5 Å². The van der Waals surface area contributed by atoms with Crippen molar-refractivity contribution in [2.45, 2.75) is 110 Å². The molecule has 0 amide bonds. The number of benzene rings is 1. The van der Waals surface area contributed by atoms with Crippen molar-refractivity contribution < 1.29 is 14.2 Å². The molecule has 0 atom stereocenters. The third-order valence-electron chi connectivity index (χ3n) is 7.70. The first-order valence-electron chi connectivity index (χ1n) is 14.4. The molecule has 1 aliphatic carbocycles. The minimum Gasteiger partial charge on any atom is -0.490 e. The van der Waals surface area contributed by atoms with Gasteiger partial charge in [-0.05, 0) is 56.1 Å². The minimum atomic E-state index is -0.234. The summed E-state index contributed by atoms with van der Waals surface area (Å²) in [7, 11) is 0. The van der Waals surface area contributed by atoms with Crippen molar-refractivity contribution in [1.29, 1.82) is 0 Å². The van der Waals surface area contributed by atoms with E-state index in [1.165, 1.54) is 89.9 Å². The maximum Gasteiger partial charge on any atom is 0.183 e. The SMILES string of the molecule is CCCCCCCC1COC(c2ccc(OC/C=C/C3CCC(CCCCC)CC3)cc2)OC1. The molecule has 3 heteroatoms. The van der Waals surface area contributed by atoms with E-state index in [4.69, 9.17) is 14.2 Å². The maximum absolute atomic E-state index is 6.02. The van der Waals surface area contributed by atoms with E-state index in [1.54, 1.807) is 0 Å². The quantitative estimate of drug-likeness (QED) is 0.189. The second kappa shape index (κ2) is 16.4. The molecule has 0 unspecified atom stereocenters. The Bertz CT molecular complexity index is 652. The summed E-state index contributed by atoms with van der Waals surface area (Å²) in [4.78, 5) is 0. The van der Waals surface area contributed by atoms with E-state index < -0.39 is 0 Å². The molecule has 0 bridgehead atoms. The summed E-state index contributed by atoms with van der Waals surface area (Å²) in [5.41, 5.74) is 1.08. The lowest BCUT2D eigenvalue weighted by atomic mass is 9.79. The van der Waals surface area contributed by atoms with E-state index >= 15 is 0 Å². The van der Waals surface area contributed by atoms with Gasteiger partial charge < -0.3 is 14.2 Å². The van der Waals surface area contributed by atoms with Crippen molar-refractivity contribution in [3.8, 4) is 5.75 Å². The maximum atomic E-state index is 6.02. The molecule has 3 nitrogen and oxygen atoms in total. The molecule has 2 fully saturated rings. The van der Waals surface area contributed by atoms with Crippen molar-refractivity contribution in [2.24, 2.45) is 17.8 Å². The predicted octanol–water partition coefficient (Wildman–Crippen LogP) is 9.03. The van der Waals surface area contributed by atoms with E-state index in [0.29, 0.717) is 12.5 Å². The lowest BCUT2D eigenvalue weighted by Crippen LogP contribution is -2.27. The molecule has 1 saturated heterocycles. The number of unbranched alkanes of at least 4 members (excludes halogenated alkanes) is 6. The van der Waals surface area contributed by atoms with E-state index in [-0.39, 0.29) is 6.29 Å². The highest BCUT2D eigenvalue weighted by molar-refractivity contribution is 5.28. The van der Waals surface area contributed by atoms with Gasteiger partial charge in [-0.3, -0.25) is 0 Å². The molecular formula is C31H50O3. The molecule has 1 aliphatic heterocycles. The number of rotatable bonds is 15. The Morgan fingerprint density at radius 1 is 0.765 bits per heavy atom. The molecule has 1 aromatic carbocycles. The molecule has 1 saturated carbocycles. The van der Waals surface area contributed by atoms with Gasteiger partial charge in [0.05, 0.1) is 13.2 Å². The molecule has 0 spiro atoms. The summed E-state index contributed by atoms with van der Waals surface area (Å²) in [5, 5.41) is 0. The third kappa shape index (κ3) is 10.1. The number of hydrogen-bond donors (Lipinski definition) is 0. The number of allylic oxidation sites excluding steroid dienone is 1. The van der Waals surface area contributed by atoms with Gasteiger partial charge in [-0.1, -0.05) is 95.9 Å². The van der Waals surface area contributed by atoms with Crippen molar-refractivity contribution in [3.63, 3.8) is 0 Å². The molecule has 1 aromatic rings. The topological polar surface area (TPSA) is 27.7 Å². The van der Waals surface area contributed by atoms with Gasteiger partial charge in [-0.2, -0.15) is 0 Å². The Morgan fingerprint density at radius 2 is 1.38 bits per heavy atom. The van der Waals surface area contributed by atoms with Crippen molar-refractivity contribution in [3.05, 3.63) is 42.0 Å². The van der Waals surface area contributed by atoms with Crippen LogP contribution in [0.2, 0.25) is 0 Å². The largest absolute Gasteiger partial charge is 0.490 e. The van der Waals surface area contributed by atoms with Crippen molar-refractivity contribution >= 4 is 0 Å². The zero-order valence-corrected chi connectivity index (χ0v) is 22.0. The van der Waals surface area contributed by atoms with Gasteiger partial charge in [0.1, 0.15) is 12.4 Å². The van der Waals surface area contributed by atoms with Gasteiger partial charge >= 0.3 is 0 Å². The monoisotopic (exact) mass is 470 g/mol.